The van der Waals surface area contributed by atoms with E-state index in [4.69, 9.17) is 0 Å². The molecule has 4 aromatic rings. The van der Waals surface area contributed by atoms with Gasteiger partial charge in [0, 0.05) is 40.7 Å². The molecule has 0 aliphatic carbocycles. The van der Waals surface area contributed by atoms with Gasteiger partial charge in [-0.1, -0.05) is 30.3 Å². The number of amides is 1. The fourth-order valence-corrected chi connectivity index (χ4v) is 4.33. The normalized spacial score (nSPS) is 11.5. The topological polar surface area (TPSA) is 73.6 Å². The summed E-state index contributed by atoms with van der Waals surface area (Å²) in [5.74, 6) is -0.353. The number of rotatable bonds is 6. The Morgan fingerprint density at radius 2 is 1.91 bits per heavy atom. The summed E-state index contributed by atoms with van der Waals surface area (Å²) in [6.45, 7) is 8.73. The van der Waals surface area contributed by atoms with Gasteiger partial charge in [-0.3, -0.25) is 4.79 Å². The molecule has 0 aliphatic heterocycles. The summed E-state index contributed by atoms with van der Waals surface area (Å²) in [5.41, 5.74) is 8.82. The third-order valence-corrected chi connectivity index (χ3v) is 6.31. The smallest absolute Gasteiger partial charge is 0.261 e. The molecular formula is C28H28N4O. The number of hydrogen-bond acceptors (Lipinski definition) is 2. The van der Waals surface area contributed by atoms with Gasteiger partial charge in [-0.25, -0.2) is 0 Å². The number of aryl methyl sites for hydroxylation is 2. The highest BCUT2D eigenvalue weighted by atomic mass is 16.1. The molecule has 5 heteroatoms. The van der Waals surface area contributed by atoms with Crippen molar-refractivity contribution >= 4 is 22.9 Å². The van der Waals surface area contributed by atoms with Crippen LogP contribution in [0.15, 0.2) is 60.3 Å². The maximum absolute atomic E-state index is 12.7. The van der Waals surface area contributed by atoms with Gasteiger partial charge in [0.2, 0.25) is 0 Å². The maximum atomic E-state index is 12.7. The molecule has 0 saturated carbocycles. The van der Waals surface area contributed by atoms with Crippen molar-refractivity contribution in [3.63, 3.8) is 0 Å². The highest BCUT2D eigenvalue weighted by Crippen LogP contribution is 2.26. The van der Waals surface area contributed by atoms with Gasteiger partial charge in [0.1, 0.15) is 11.6 Å². The second-order valence-corrected chi connectivity index (χ2v) is 8.42. The minimum Gasteiger partial charge on any atom is -0.361 e. The van der Waals surface area contributed by atoms with Crippen LogP contribution in [0.4, 0.5) is 0 Å². The summed E-state index contributed by atoms with van der Waals surface area (Å²) in [7, 11) is 0. The van der Waals surface area contributed by atoms with E-state index in [0.29, 0.717) is 13.0 Å². The first-order valence-corrected chi connectivity index (χ1v) is 11.1. The summed E-state index contributed by atoms with van der Waals surface area (Å²) in [6.07, 6.45) is 4.35. The molecule has 0 fully saturated rings. The van der Waals surface area contributed by atoms with E-state index in [1.165, 1.54) is 11.1 Å². The Labute approximate surface area is 194 Å². The molecule has 166 valence electrons. The number of aromatic nitrogens is 2. The van der Waals surface area contributed by atoms with Gasteiger partial charge in [0.15, 0.2) is 0 Å². The van der Waals surface area contributed by atoms with Crippen molar-refractivity contribution in [1.82, 2.24) is 14.9 Å². The summed E-state index contributed by atoms with van der Waals surface area (Å²) in [4.78, 5) is 16.0. The molecule has 0 saturated heterocycles. The first kappa shape index (κ1) is 22.2. The number of hydrogen-bond donors (Lipinski definition) is 2. The minimum atomic E-state index is -0.353. The number of nitrogens with zero attached hydrogens (tertiary/aromatic N) is 2. The number of nitrogens with one attached hydrogen (secondary N) is 2. The molecule has 2 N–H and O–H groups in total. The number of para-hydroxylation sites is 1. The Hall–Kier alpha value is -4.04. The molecule has 1 amide bonds. The van der Waals surface area contributed by atoms with Crippen LogP contribution in [0.25, 0.3) is 22.7 Å². The standard InChI is InChI=1S/C28H28N4O/c1-18-8-7-11-27(20(18)3)32-19(2)14-23(21(32)4)15-24(16-29)28(33)30-13-12-22-17-31-26-10-6-5-9-25(22)26/h5-11,14-15,17,31H,12-13H2,1-4H3,(H,30,33)/b24-15-. The number of nitriles is 1. The highest BCUT2D eigenvalue weighted by Gasteiger charge is 2.15. The molecule has 5 nitrogen and oxygen atoms in total. The largest absolute Gasteiger partial charge is 0.361 e. The molecular weight excluding hydrogens is 408 g/mol. The first-order chi connectivity index (χ1) is 15.9. The van der Waals surface area contributed by atoms with Crippen LogP contribution >= 0.6 is 0 Å². The average molecular weight is 437 g/mol. The lowest BCUT2D eigenvalue weighted by Crippen LogP contribution is -2.26. The Balaban J connectivity index is 1.52. The van der Waals surface area contributed by atoms with Crippen molar-refractivity contribution in [3.8, 4) is 11.8 Å². The van der Waals surface area contributed by atoms with Gasteiger partial charge in [0.25, 0.3) is 5.91 Å². The molecule has 2 aromatic heterocycles. The lowest BCUT2D eigenvalue weighted by Gasteiger charge is -2.14. The number of fused-ring (bicyclic) bond motifs is 1. The molecule has 0 spiro atoms. The van der Waals surface area contributed by atoms with Crippen molar-refractivity contribution in [2.24, 2.45) is 0 Å². The van der Waals surface area contributed by atoms with E-state index in [1.54, 1.807) is 6.08 Å². The SMILES string of the molecule is Cc1cccc(-n2c(C)cc(/C=C(/C#N)C(=O)NCCc3c[nH]c4ccccc34)c2C)c1C. The van der Waals surface area contributed by atoms with E-state index < -0.39 is 0 Å². The van der Waals surface area contributed by atoms with Crippen LogP contribution in [0.3, 0.4) is 0 Å². The van der Waals surface area contributed by atoms with Crippen LogP contribution in [-0.2, 0) is 11.2 Å². The molecule has 0 bridgehead atoms. The first-order valence-electron chi connectivity index (χ1n) is 11.1. The van der Waals surface area contributed by atoms with E-state index in [-0.39, 0.29) is 11.5 Å². The van der Waals surface area contributed by atoms with Gasteiger partial charge in [-0.2, -0.15) is 5.26 Å². The zero-order valence-corrected chi connectivity index (χ0v) is 19.5. The monoisotopic (exact) mass is 436 g/mol. The van der Waals surface area contributed by atoms with Crippen LogP contribution in [0.2, 0.25) is 0 Å². The minimum absolute atomic E-state index is 0.107. The second-order valence-electron chi connectivity index (χ2n) is 8.42. The van der Waals surface area contributed by atoms with Crippen molar-refractivity contribution in [1.29, 1.82) is 5.26 Å². The van der Waals surface area contributed by atoms with E-state index in [0.717, 1.165) is 39.1 Å². The van der Waals surface area contributed by atoms with Crippen LogP contribution in [0, 0.1) is 39.0 Å². The summed E-state index contributed by atoms with van der Waals surface area (Å²) < 4.78 is 2.18. The van der Waals surface area contributed by atoms with Gasteiger partial charge in [-0.15, -0.1) is 0 Å². The quantitative estimate of drug-likeness (QED) is 0.311. The molecule has 2 aromatic carbocycles. The molecule has 4 rings (SSSR count). The van der Waals surface area contributed by atoms with Gasteiger partial charge < -0.3 is 14.9 Å². The van der Waals surface area contributed by atoms with E-state index >= 15 is 0 Å². The molecule has 0 atom stereocenters. The zero-order valence-electron chi connectivity index (χ0n) is 19.5. The zero-order chi connectivity index (χ0) is 23.5. The van der Waals surface area contributed by atoms with Gasteiger partial charge in [-0.05, 0) is 80.6 Å². The number of aromatic amines is 1. The maximum Gasteiger partial charge on any atom is 0.261 e. The molecule has 0 radical (unpaired) electrons. The number of benzene rings is 2. The fraction of sp³-hybridized carbons (Fsp3) is 0.214. The van der Waals surface area contributed by atoms with Gasteiger partial charge >= 0.3 is 0 Å². The number of H-pyrrole nitrogens is 1. The predicted octanol–water partition coefficient (Wildman–Crippen LogP) is 5.46. The summed E-state index contributed by atoms with van der Waals surface area (Å²) in [5, 5.41) is 13.7. The number of carbonyl (C=O) groups excluding carboxylic acids is 1. The molecule has 0 unspecified atom stereocenters. The Bertz CT molecular complexity index is 1410. The van der Waals surface area contributed by atoms with Crippen LogP contribution < -0.4 is 5.32 Å². The Morgan fingerprint density at radius 3 is 2.70 bits per heavy atom. The highest BCUT2D eigenvalue weighted by molar-refractivity contribution is 6.01. The van der Waals surface area contributed by atoms with Gasteiger partial charge in [0.05, 0.1) is 0 Å². The second kappa shape index (κ2) is 9.22. The summed E-state index contributed by atoms with van der Waals surface area (Å²) in [6, 6.07) is 18.4. The van der Waals surface area contributed by atoms with Crippen LogP contribution in [0.5, 0.6) is 0 Å². The third kappa shape index (κ3) is 4.33. The molecule has 2 heterocycles. The van der Waals surface area contributed by atoms with E-state index in [1.807, 2.05) is 50.4 Å². The summed E-state index contributed by atoms with van der Waals surface area (Å²) >= 11 is 0. The molecule has 33 heavy (non-hydrogen) atoms. The van der Waals surface area contributed by atoms with Crippen LogP contribution in [0.1, 0.15) is 33.6 Å². The van der Waals surface area contributed by atoms with Crippen molar-refractivity contribution in [2.75, 3.05) is 6.54 Å². The van der Waals surface area contributed by atoms with Crippen molar-refractivity contribution < 1.29 is 4.79 Å². The lowest BCUT2D eigenvalue weighted by atomic mass is 10.1. The Kier molecular flexibility index (Phi) is 6.19. The molecule has 0 aliphatic rings. The van der Waals surface area contributed by atoms with Crippen LogP contribution in [-0.4, -0.2) is 22.0 Å². The average Bonchev–Trinajstić information content (AvgIpc) is 3.34. The lowest BCUT2D eigenvalue weighted by molar-refractivity contribution is -0.117. The van der Waals surface area contributed by atoms with Crippen molar-refractivity contribution in [2.45, 2.75) is 34.1 Å². The van der Waals surface area contributed by atoms with E-state index in [2.05, 4.69) is 53.0 Å². The predicted molar refractivity (Wildman–Crippen MR) is 133 cm³/mol. The van der Waals surface area contributed by atoms with E-state index in [9.17, 15) is 10.1 Å². The Morgan fingerprint density at radius 1 is 1.12 bits per heavy atom. The number of carbonyl (C=O) groups is 1. The van der Waals surface area contributed by atoms with Crippen molar-refractivity contribution in [3.05, 3.63) is 93.9 Å². The third-order valence-electron chi connectivity index (χ3n) is 6.31. The fourth-order valence-electron chi connectivity index (χ4n) is 4.33.